The van der Waals surface area contributed by atoms with Crippen LogP contribution in [-0.4, -0.2) is 22.6 Å². The van der Waals surface area contributed by atoms with Gasteiger partial charge in [0, 0.05) is 11.4 Å². The second-order valence-corrected chi connectivity index (χ2v) is 6.97. The quantitative estimate of drug-likeness (QED) is 0.641. The highest BCUT2D eigenvalue weighted by atomic mass is 32.2. The zero-order valence-corrected chi connectivity index (χ0v) is 15.7. The van der Waals surface area contributed by atoms with Gasteiger partial charge in [-0.05, 0) is 43.5 Å². The molecule has 3 aromatic rings. The number of aryl methyl sites for hydroxylation is 2. The summed E-state index contributed by atoms with van der Waals surface area (Å²) < 4.78 is 5.13. The summed E-state index contributed by atoms with van der Waals surface area (Å²) in [5.74, 6) is 1.64. The number of hydrogen-bond donors (Lipinski definition) is 1. The number of aromatic nitrogens is 2. The van der Waals surface area contributed by atoms with E-state index in [4.69, 9.17) is 4.52 Å². The average Bonchev–Trinajstić information content (AvgIpc) is 3.07. The molecule has 134 valence electrons. The number of hydrogen-bond acceptors (Lipinski definition) is 5. The molecule has 0 radical (unpaired) electrons. The SMILES string of the molecule is Cc1noc(CSc2ccccc2C(=O)NCCc2ccccc2C)n1. The van der Waals surface area contributed by atoms with E-state index in [2.05, 4.69) is 34.5 Å². The Morgan fingerprint density at radius 2 is 1.88 bits per heavy atom. The van der Waals surface area contributed by atoms with Crippen LogP contribution in [-0.2, 0) is 12.2 Å². The average molecular weight is 367 g/mol. The zero-order chi connectivity index (χ0) is 18.4. The van der Waals surface area contributed by atoms with Gasteiger partial charge in [0.15, 0.2) is 5.82 Å². The molecule has 0 spiro atoms. The normalized spacial score (nSPS) is 10.7. The lowest BCUT2D eigenvalue weighted by Crippen LogP contribution is -2.26. The van der Waals surface area contributed by atoms with Crippen molar-refractivity contribution < 1.29 is 9.32 Å². The van der Waals surface area contributed by atoms with E-state index in [1.54, 1.807) is 6.92 Å². The molecular formula is C20H21N3O2S. The maximum Gasteiger partial charge on any atom is 0.252 e. The molecule has 1 heterocycles. The fraction of sp³-hybridized carbons (Fsp3) is 0.250. The summed E-state index contributed by atoms with van der Waals surface area (Å²) in [5.41, 5.74) is 3.16. The summed E-state index contributed by atoms with van der Waals surface area (Å²) in [7, 11) is 0. The fourth-order valence-electron chi connectivity index (χ4n) is 2.61. The van der Waals surface area contributed by atoms with Crippen LogP contribution in [0.3, 0.4) is 0 Å². The molecular weight excluding hydrogens is 346 g/mol. The first-order valence-corrected chi connectivity index (χ1v) is 9.46. The van der Waals surface area contributed by atoms with E-state index in [-0.39, 0.29) is 5.91 Å². The Morgan fingerprint density at radius 3 is 2.65 bits per heavy atom. The highest BCUT2D eigenvalue weighted by Gasteiger charge is 2.12. The molecule has 2 aromatic carbocycles. The Balaban J connectivity index is 1.59. The molecule has 0 saturated heterocycles. The lowest BCUT2D eigenvalue weighted by atomic mass is 10.1. The number of carbonyl (C=O) groups excluding carboxylic acids is 1. The topological polar surface area (TPSA) is 68.0 Å². The van der Waals surface area contributed by atoms with Crippen molar-refractivity contribution >= 4 is 17.7 Å². The number of benzene rings is 2. The maximum absolute atomic E-state index is 12.6. The first kappa shape index (κ1) is 18.2. The predicted molar refractivity (Wildman–Crippen MR) is 102 cm³/mol. The zero-order valence-electron chi connectivity index (χ0n) is 14.9. The molecule has 3 rings (SSSR count). The van der Waals surface area contributed by atoms with Gasteiger partial charge in [0.05, 0.1) is 11.3 Å². The van der Waals surface area contributed by atoms with Gasteiger partial charge in [-0.3, -0.25) is 4.79 Å². The summed E-state index contributed by atoms with van der Waals surface area (Å²) in [6, 6.07) is 15.8. The summed E-state index contributed by atoms with van der Waals surface area (Å²) in [5, 5.41) is 6.80. The van der Waals surface area contributed by atoms with Crippen molar-refractivity contribution in [3.8, 4) is 0 Å². The first-order valence-electron chi connectivity index (χ1n) is 8.47. The monoisotopic (exact) mass is 367 g/mol. The van der Waals surface area contributed by atoms with E-state index in [0.717, 1.165) is 11.3 Å². The minimum atomic E-state index is -0.0663. The molecule has 26 heavy (non-hydrogen) atoms. The predicted octanol–water partition coefficient (Wildman–Crippen LogP) is 3.95. The number of amides is 1. The number of carbonyl (C=O) groups is 1. The Kier molecular flexibility index (Phi) is 6.07. The molecule has 0 aliphatic heterocycles. The Hall–Kier alpha value is -2.60. The highest BCUT2D eigenvalue weighted by Crippen LogP contribution is 2.25. The van der Waals surface area contributed by atoms with Crippen molar-refractivity contribution in [2.45, 2.75) is 30.9 Å². The lowest BCUT2D eigenvalue weighted by molar-refractivity contribution is 0.0951. The van der Waals surface area contributed by atoms with Crippen LogP contribution in [0.5, 0.6) is 0 Å². The van der Waals surface area contributed by atoms with Crippen molar-refractivity contribution in [3.05, 3.63) is 76.9 Å². The van der Waals surface area contributed by atoms with Crippen LogP contribution in [0.2, 0.25) is 0 Å². The van der Waals surface area contributed by atoms with E-state index in [9.17, 15) is 4.79 Å². The third-order valence-corrected chi connectivity index (χ3v) is 5.05. The van der Waals surface area contributed by atoms with Gasteiger partial charge in [-0.25, -0.2) is 0 Å². The molecule has 5 nitrogen and oxygen atoms in total. The van der Waals surface area contributed by atoms with Crippen molar-refractivity contribution in [2.24, 2.45) is 0 Å². The van der Waals surface area contributed by atoms with Crippen LogP contribution in [0.25, 0.3) is 0 Å². The van der Waals surface area contributed by atoms with Gasteiger partial charge in [-0.1, -0.05) is 41.6 Å². The summed E-state index contributed by atoms with van der Waals surface area (Å²) in [6.07, 6.45) is 0.814. The lowest BCUT2D eigenvalue weighted by Gasteiger charge is -2.10. The van der Waals surface area contributed by atoms with Gasteiger partial charge < -0.3 is 9.84 Å². The first-order chi connectivity index (χ1) is 12.6. The van der Waals surface area contributed by atoms with Crippen LogP contribution in [0, 0.1) is 13.8 Å². The summed E-state index contributed by atoms with van der Waals surface area (Å²) in [6.45, 7) is 4.47. The fourth-order valence-corrected chi connectivity index (χ4v) is 3.50. The molecule has 6 heteroatoms. The molecule has 0 fully saturated rings. The molecule has 1 amide bonds. The largest absolute Gasteiger partial charge is 0.352 e. The second kappa shape index (κ2) is 8.67. The number of thioether (sulfide) groups is 1. The number of nitrogens with zero attached hydrogens (tertiary/aromatic N) is 2. The van der Waals surface area contributed by atoms with Gasteiger partial charge in [0.25, 0.3) is 5.91 Å². The van der Waals surface area contributed by atoms with Gasteiger partial charge in [0.2, 0.25) is 5.89 Å². The molecule has 0 bridgehead atoms. The third kappa shape index (κ3) is 4.73. The Labute approximate surface area is 157 Å². The van der Waals surface area contributed by atoms with Crippen LogP contribution >= 0.6 is 11.8 Å². The molecule has 1 aromatic heterocycles. The van der Waals surface area contributed by atoms with E-state index < -0.39 is 0 Å². The van der Waals surface area contributed by atoms with Gasteiger partial charge in [0.1, 0.15) is 0 Å². The smallest absolute Gasteiger partial charge is 0.252 e. The highest BCUT2D eigenvalue weighted by molar-refractivity contribution is 7.98. The Morgan fingerprint density at radius 1 is 1.12 bits per heavy atom. The molecule has 0 atom stereocenters. The molecule has 1 N–H and O–H groups in total. The molecule has 0 saturated carbocycles. The van der Waals surface area contributed by atoms with E-state index in [1.165, 1.54) is 22.9 Å². The minimum Gasteiger partial charge on any atom is -0.352 e. The molecule has 0 aliphatic carbocycles. The standard InChI is InChI=1S/C20H21N3O2S/c1-14-7-3-4-8-16(14)11-12-21-20(24)17-9-5-6-10-18(17)26-13-19-22-15(2)23-25-19/h3-10H,11-13H2,1-2H3,(H,21,24). The molecule has 0 unspecified atom stereocenters. The van der Waals surface area contributed by atoms with Crippen molar-refractivity contribution in [3.63, 3.8) is 0 Å². The Bertz CT molecular complexity index is 892. The van der Waals surface area contributed by atoms with Crippen LogP contribution < -0.4 is 5.32 Å². The van der Waals surface area contributed by atoms with E-state index >= 15 is 0 Å². The van der Waals surface area contributed by atoms with Crippen LogP contribution in [0.4, 0.5) is 0 Å². The maximum atomic E-state index is 12.6. The third-order valence-electron chi connectivity index (χ3n) is 3.99. The van der Waals surface area contributed by atoms with Gasteiger partial charge in [-0.2, -0.15) is 4.98 Å². The number of nitrogens with one attached hydrogen (secondary N) is 1. The minimum absolute atomic E-state index is 0.0663. The number of rotatable bonds is 7. The van der Waals surface area contributed by atoms with Crippen molar-refractivity contribution in [1.29, 1.82) is 0 Å². The summed E-state index contributed by atoms with van der Waals surface area (Å²) in [4.78, 5) is 17.7. The van der Waals surface area contributed by atoms with Crippen LogP contribution in [0.1, 0.15) is 33.2 Å². The van der Waals surface area contributed by atoms with Gasteiger partial charge >= 0.3 is 0 Å². The van der Waals surface area contributed by atoms with Crippen molar-refractivity contribution in [2.75, 3.05) is 6.54 Å². The summed E-state index contributed by atoms with van der Waals surface area (Å²) >= 11 is 1.52. The van der Waals surface area contributed by atoms with Crippen LogP contribution in [0.15, 0.2) is 57.9 Å². The second-order valence-electron chi connectivity index (χ2n) is 5.95. The van der Waals surface area contributed by atoms with Gasteiger partial charge in [-0.15, -0.1) is 11.8 Å². The van der Waals surface area contributed by atoms with Crippen molar-refractivity contribution in [1.82, 2.24) is 15.5 Å². The van der Waals surface area contributed by atoms with E-state index in [1.807, 2.05) is 36.4 Å². The van der Waals surface area contributed by atoms with E-state index in [0.29, 0.717) is 29.6 Å². The molecule has 0 aliphatic rings.